The van der Waals surface area contributed by atoms with Crippen LogP contribution >= 0.6 is 11.3 Å². The zero-order valence-corrected chi connectivity index (χ0v) is 35.9. The van der Waals surface area contributed by atoms with E-state index in [9.17, 15) is 0 Å². The summed E-state index contributed by atoms with van der Waals surface area (Å²) in [4.78, 5) is 16.3. The lowest BCUT2D eigenvalue weighted by atomic mass is 9.91. The Morgan fingerprint density at radius 2 is 0.800 bits per heavy atom. The fraction of sp³-hybridized carbons (Fsp3) is 0. The maximum absolute atomic E-state index is 5.44. The Balaban J connectivity index is 1.03. The molecule has 0 spiro atoms. The molecule has 0 aliphatic heterocycles. The monoisotopic (exact) mass is 843 g/mol. The third-order valence-corrected chi connectivity index (χ3v) is 14.1. The van der Waals surface area contributed by atoms with Gasteiger partial charge in [-0.2, -0.15) is 0 Å². The van der Waals surface area contributed by atoms with Crippen molar-refractivity contribution in [3.63, 3.8) is 0 Å². The van der Waals surface area contributed by atoms with Crippen molar-refractivity contribution in [3.8, 4) is 67.5 Å². The normalized spacial score (nSPS) is 11.7. The molecule has 13 aromatic rings. The largest absolute Gasteiger partial charge is 0.208 e. The molecule has 0 saturated heterocycles. The van der Waals surface area contributed by atoms with Gasteiger partial charge in [0.1, 0.15) is 0 Å². The Morgan fingerprint density at radius 3 is 1.63 bits per heavy atom. The fourth-order valence-electron chi connectivity index (χ4n) is 9.74. The van der Waals surface area contributed by atoms with E-state index in [4.69, 9.17) is 15.0 Å². The van der Waals surface area contributed by atoms with Crippen LogP contribution in [0.15, 0.2) is 224 Å². The first-order valence-corrected chi connectivity index (χ1v) is 22.8. The van der Waals surface area contributed by atoms with Crippen molar-refractivity contribution in [3.05, 3.63) is 224 Å². The number of nitrogens with zero attached hydrogens (tertiary/aromatic N) is 3. The second kappa shape index (κ2) is 15.2. The average molecular weight is 844 g/mol. The van der Waals surface area contributed by atoms with E-state index in [1.54, 1.807) is 11.3 Å². The van der Waals surface area contributed by atoms with Gasteiger partial charge in [-0.15, -0.1) is 11.3 Å². The Labute approximate surface area is 379 Å². The van der Waals surface area contributed by atoms with Crippen LogP contribution in [0.3, 0.4) is 0 Å². The molecule has 0 radical (unpaired) electrons. The number of fused-ring (bicyclic) bond motifs is 7. The van der Waals surface area contributed by atoms with Crippen LogP contribution in [-0.2, 0) is 0 Å². The van der Waals surface area contributed by atoms with Gasteiger partial charge in [-0.05, 0) is 119 Å². The molecule has 0 unspecified atom stereocenters. The Bertz CT molecular complexity index is 4020. The molecule has 3 nitrogen and oxygen atoms in total. The molecular formula is C61H37N3S. The highest BCUT2D eigenvalue weighted by atomic mass is 32.1. The van der Waals surface area contributed by atoms with Gasteiger partial charge in [-0.1, -0.05) is 182 Å². The van der Waals surface area contributed by atoms with Crippen LogP contribution in [0.5, 0.6) is 0 Å². The average Bonchev–Trinajstić information content (AvgIpc) is 3.77. The summed E-state index contributed by atoms with van der Waals surface area (Å²) in [6.07, 6.45) is 0. The molecule has 0 amide bonds. The first-order valence-electron chi connectivity index (χ1n) is 22.0. The maximum atomic E-state index is 5.44. The van der Waals surface area contributed by atoms with Crippen LogP contribution in [0.2, 0.25) is 0 Å². The van der Waals surface area contributed by atoms with Crippen molar-refractivity contribution in [2.45, 2.75) is 0 Å². The van der Waals surface area contributed by atoms with Gasteiger partial charge in [0.25, 0.3) is 0 Å². The second-order valence-corrected chi connectivity index (χ2v) is 17.8. The predicted octanol–water partition coefficient (Wildman–Crippen LogP) is 16.9. The quantitative estimate of drug-likeness (QED) is 0.167. The summed E-state index contributed by atoms with van der Waals surface area (Å²) in [6.45, 7) is 0. The number of thiophene rings is 1. The highest BCUT2D eigenvalue weighted by Crippen LogP contribution is 2.42. The number of rotatable bonds is 6. The van der Waals surface area contributed by atoms with E-state index in [-0.39, 0.29) is 0 Å². The second-order valence-electron chi connectivity index (χ2n) is 16.7. The SMILES string of the molecule is c1ccc(-c2cc(-c3ccc4cccc(-c5nc(-c6ccc(-c7ccc8ccccc8c7)c7ccccc67)nc(-c6cccc7c6sc6ccccc67)n5)c4c3)cc3ccccc23)cc1. The number of aromatic nitrogens is 3. The summed E-state index contributed by atoms with van der Waals surface area (Å²) in [5.41, 5.74) is 9.97. The maximum Gasteiger partial charge on any atom is 0.165 e. The summed E-state index contributed by atoms with van der Waals surface area (Å²) in [6, 6.07) is 80.7. The minimum atomic E-state index is 0.636. The smallest absolute Gasteiger partial charge is 0.165 e. The van der Waals surface area contributed by atoms with Crippen LogP contribution in [0, 0.1) is 0 Å². The van der Waals surface area contributed by atoms with Gasteiger partial charge in [-0.25, -0.2) is 15.0 Å². The first-order chi connectivity index (χ1) is 32.2. The van der Waals surface area contributed by atoms with Crippen molar-refractivity contribution in [2.24, 2.45) is 0 Å². The Hall–Kier alpha value is -8.31. The van der Waals surface area contributed by atoms with E-state index in [0.29, 0.717) is 17.5 Å². The van der Waals surface area contributed by atoms with Crippen LogP contribution in [-0.4, -0.2) is 15.0 Å². The van der Waals surface area contributed by atoms with Gasteiger partial charge in [0.15, 0.2) is 17.5 Å². The van der Waals surface area contributed by atoms with Crippen LogP contribution in [0.25, 0.3) is 131 Å². The Kier molecular flexibility index (Phi) is 8.71. The molecule has 0 aliphatic carbocycles. The molecule has 0 fully saturated rings. The molecule has 13 rings (SSSR count). The van der Waals surface area contributed by atoms with Crippen molar-refractivity contribution in [1.82, 2.24) is 15.0 Å². The molecule has 4 heteroatoms. The van der Waals surface area contributed by atoms with Crippen molar-refractivity contribution < 1.29 is 0 Å². The van der Waals surface area contributed by atoms with Gasteiger partial charge in [0.05, 0.1) is 0 Å². The number of hydrogen-bond donors (Lipinski definition) is 0. The summed E-state index contributed by atoms with van der Waals surface area (Å²) in [5.74, 6) is 1.93. The van der Waals surface area contributed by atoms with E-state index in [0.717, 1.165) is 49.4 Å². The van der Waals surface area contributed by atoms with E-state index in [1.165, 1.54) is 64.0 Å². The fourth-order valence-corrected chi connectivity index (χ4v) is 11.0. The predicted molar refractivity (Wildman–Crippen MR) is 275 cm³/mol. The highest BCUT2D eigenvalue weighted by Gasteiger charge is 2.20. The molecule has 0 saturated carbocycles. The van der Waals surface area contributed by atoms with Gasteiger partial charge >= 0.3 is 0 Å². The van der Waals surface area contributed by atoms with E-state index >= 15 is 0 Å². The third kappa shape index (κ3) is 6.37. The van der Waals surface area contributed by atoms with Crippen LogP contribution in [0.4, 0.5) is 0 Å². The van der Waals surface area contributed by atoms with Gasteiger partial charge < -0.3 is 0 Å². The van der Waals surface area contributed by atoms with Gasteiger partial charge in [0.2, 0.25) is 0 Å². The molecule has 65 heavy (non-hydrogen) atoms. The summed E-state index contributed by atoms with van der Waals surface area (Å²) in [5, 5.41) is 11.8. The Morgan fingerprint density at radius 1 is 0.246 bits per heavy atom. The summed E-state index contributed by atoms with van der Waals surface area (Å²) in [7, 11) is 0. The van der Waals surface area contributed by atoms with E-state index in [1.807, 2.05) is 0 Å². The number of benzene rings is 11. The van der Waals surface area contributed by atoms with Gasteiger partial charge in [0, 0.05) is 36.9 Å². The third-order valence-electron chi connectivity index (χ3n) is 12.9. The zero-order valence-electron chi connectivity index (χ0n) is 35.1. The molecule has 302 valence electrons. The molecule has 0 N–H and O–H groups in total. The summed E-state index contributed by atoms with van der Waals surface area (Å²) < 4.78 is 2.41. The molecular weight excluding hydrogens is 807 g/mol. The zero-order chi connectivity index (χ0) is 42.8. The first kappa shape index (κ1) is 37.3. The summed E-state index contributed by atoms with van der Waals surface area (Å²) >= 11 is 1.79. The number of hydrogen-bond acceptors (Lipinski definition) is 4. The minimum absolute atomic E-state index is 0.636. The van der Waals surface area contributed by atoms with Crippen molar-refractivity contribution in [2.75, 3.05) is 0 Å². The molecule has 11 aromatic carbocycles. The molecule has 0 aliphatic rings. The molecule has 0 atom stereocenters. The minimum Gasteiger partial charge on any atom is -0.208 e. The van der Waals surface area contributed by atoms with Gasteiger partial charge in [-0.3, -0.25) is 0 Å². The van der Waals surface area contributed by atoms with E-state index < -0.39 is 0 Å². The topological polar surface area (TPSA) is 38.7 Å². The lowest BCUT2D eigenvalue weighted by Gasteiger charge is -2.15. The van der Waals surface area contributed by atoms with Crippen LogP contribution in [0.1, 0.15) is 0 Å². The highest BCUT2D eigenvalue weighted by molar-refractivity contribution is 7.26. The van der Waals surface area contributed by atoms with Crippen molar-refractivity contribution >= 4 is 74.6 Å². The lowest BCUT2D eigenvalue weighted by molar-refractivity contribution is 1.08. The standard InChI is InChI=1S/C61H37N3S/c1-2-15-39(16-3-1)55-37-45(35-43-18-6-7-20-46(43)55)42-30-29-40-19-12-25-52(56(40)36-42)59-62-60(64-61(63-59)54-26-13-24-51-50-23-10-11-27-57(50)65-58(51)54)53-33-32-47(48-21-8-9-22-49(48)53)44-31-28-38-14-4-5-17-41(38)34-44/h1-37H. The molecule has 2 aromatic heterocycles. The van der Waals surface area contributed by atoms with Crippen LogP contribution < -0.4 is 0 Å². The lowest BCUT2D eigenvalue weighted by Crippen LogP contribution is -2.01. The van der Waals surface area contributed by atoms with E-state index in [2.05, 4.69) is 224 Å². The molecule has 0 bridgehead atoms. The molecule has 2 heterocycles. The van der Waals surface area contributed by atoms with Crippen molar-refractivity contribution in [1.29, 1.82) is 0 Å².